The minimum absolute atomic E-state index is 0.470. The zero-order valence-corrected chi connectivity index (χ0v) is 9.25. The Morgan fingerprint density at radius 3 is 3.00 bits per heavy atom. The first-order chi connectivity index (χ1) is 6.72. The Balaban J connectivity index is 2.33. The molecule has 14 heavy (non-hydrogen) atoms. The van der Waals surface area contributed by atoms with Crippen LogP contribution in [-0.4, -0.2) is 16.8 Å². The van der Waals surface area contributed by atoms with Crippen LogP contribution < -0.4 is 5.32 Å². The van der Waals surface area contributed by atoms with Gasteiger partial charge in [0.25, 0.3) is 0 Å². The third kappa shape index (κ3) is 1.57. The van der Waals surface area contributed by atoms with Gasteiger partial charge in [-0.15, -0.1) is 0 Å². The Hall–Kier alpha value is -0.830. The summed E-state index contributed by atoms with van der Waals surface area (Å²) in [7, 11) is 2.02. The van der Waals surface area contributed by atoms with Crippen molar-refractivity contribution >= 4 is 0 Å². The number of aromatic nitrogens is 2. The number of nitrogens with one attached hydrogen (secondary N) is 1. The van der Waals surface area contributed by atoms with Crippen molar-refractivity contribution in [1.82, 2.24) is 15.1 Å². The summed E-state index contributed by atoms with van der Waals surface area (Å²) in [6.07, 6.45) is 5.91. The minimum Gasteiger partial charge on any atom is -0.312 e. The second-order valence-corrected chi connectivity index (χ2v) is 4.35. The molecule has 0 spiro atoms. The van der Waals surface area contributed by atoms with Crippen LogP contribution >= 0.6 is 0 Å². The van der Waals surface area contributed by atoms with Gasteiger partial charge < -0.3 is 5.32 Å². The first-order valence-corrected chi connectivity index (χ1v) is 5.47. The van der Waals surface area contributed by atoms with Gasteiger partial charge in [-0.1, -0.05) is 0 Å². The van der Waals surface area contributed by atoms with Gasteiger partial charge in [-0.25, -0.2) is 0 Å². The molecule has 0 amide bonds. The number of hydrogen-bond acceptors (Lipinski definition) is 2. The molecule has 1 aliphatic rings. The van der Waals surface area contributed by atoms with E-state index in [1.807, 2.05) is 7.05 Å². The molecule has 1 aliphatic carbocycles. The Kier molecular flexibility index (Phi) is 2.59. The predicted octanol–water partition coefficient (Wildman–Crippen LogP) is 2.06. The lowest BCUT2D eigenvalue weighted by Gasteiger charge is -2.19. The van der Waals surface area contributed by atoms with Crippen molar-refractivity contribution < 1.29 is 0 Å². The lowest BCUT2D eigenvalue weighted by Crippen LogP contribution is -2.21. The normalized spacial score (nSPS) is 21.3. The highest BCUT2D eigenvalue weighted by molar-refractivity contribution is 5.23. The van der Waals surface area contributed by atoms with E-state index in [4.69, 9.17) is 0 Å². The van der Waals surface area contributed by atoms with Crippen LogP contribution in [0.15, 0.2) is 6.20 Å². The number of nitrogens with zero attached hydrogens (tertiary/aromatic N) is 2. The molecule has 2 rings (SSSR count). The van der Waals surface area contributed by atoms with E-state index in [1.165, 1.54) is 30.5 Å². The van der Waals surface area contributed by atoms with Gasteiger partial charge in [0.05, 0.1) is 11.7 Å². The zero-order chi connectivity index (χ0) is 10.1. The van der Waals surface area contributed by atoms with Crippen LogP contribution in [0.25, 0.3) is 0 Å². The number of fused-ring (bicyclic) bond motifs is 1. The number of rotatable bonds is 2. The summed E-state index contributed by atoms with van der Waals surface area (Å²) >= 11 is 0. The molecule has 0 aliphatic heterocycles. The summed E-state index contributed by atoms with van der Waals surface area (Å²) in [5.74, 6) is 0. The smallest absolute Gasteiger partial charge is 0.0825 e. The van der Waals surface area contributed by atoms with Crippen molar-refractivity contribution in [2.24, 2.45) is 0 Å². The summed E-state index contributed by atoms with van der Waals surface area (Å²) in [5, 5.41) is 7.99. The van der Waals surface area contributed by atoms with Gasteiger partial charge in [0.1, 0.15) is 0 Å². The Bertz CT molecular complexity index is 314. The van der Waals surface area contributed by atoms with Crippen molar-refractivity contribution in [3.63, 3.8) is 0 Å². The molecule has 78 valence electrons. The van der Waals surface area contributed by atoms with E-state index in [1.54, 1.807) is 0 Å². The second kappa shape index (κ2) is 3.73. The van der Waals surface area contributed by atoms with Crippen molar-refractivity contribution in [3.05, 3.63) is 17.5 Å². The summed E-state index contributed by atoms with van der Waals surface area (Å²) in [5.41, 5.74) is 2.71. The maximum absolute atomic E-state index is 4.66. The highest BCUT2D eigenvalue weighted by atomic mass is 15.3. The monoisotopic (exact) mass is 193 g/mol. The van der Waals surface area contributed by atoms with Crippen molar-refractivity contribution in [1.29, 1.82) is 0 Å². The highest BCUT2D eigenvalue weighted by Gasteiger charge is 2.22. The number of aryl methyl sites for hydroxylation is 1. The van der Waals surface area contributed by atoms with E-state index >= 15 is 0 Å². The first kappa shape index (κ1) is 9.71. The van der Waals surface area contributed by atoms with Crippen LogP contribution in [-0.2, 0) is 6.42 Å². The van der Waals surface area contributed by atoms with Crippen LogP contribution in [0.4, 0.5) is 0 Å². The van der Waals surface area contributed by atoms with Crippen LogP contribution in [0, 0.1) is 0 Å². The Labute approximate surface area is 85.5 Å². The van der Waals surface area contributed by atoms with Gasteiger partial charge in [-0.2, -0.15) is 5.10 Å². The SMILES string of the molecule is CNC1CCCc2cn(C(C)C)nc21. The molecule has 1 heterocycles. The summed E-state index contributed by atoms with van der Waals surface area (Å²) in [6.45, 7) is 4.35. The molecule has 0 saturated heterocycles. The second-order valence-electron chi connectivity index (χ2n) is 4.35. The molecule has 0 bridgehead atoms. The van der Waals surface area contributed by atoms with Gasteiger partial charge >= 0.3 is 0 Å². The fourth-order valence-electron chi connectivity index (χ4n) is 2.11. The molecule has 1 unspecified atom stereocenters. The molecule has 1 aromatic rings. The van der Waals surface area contributed by atoms with Crippen molar-refractivity contribution in [3.8, 4) is 0 Å². The third-order valence-electron chi connectivity index (χ3n) is 2.99. The predicted molar refractivity (Wildman–Crippen MR) is 57.4 cm³/mol. The van der Waals surface area contributed by atoms with Crippen LogP contribution in [0.5, 0.6) is 0 Å². The third-order valence-corrected chi connectivity index (χ3v) is 2.99. The van der Waals surface area contributed by atoms with Gasteiger partial charge in [0, 0.05) is 12.2 Å². The summed E-state index contributed by atoms with van der Waals surface area (Å²) in [4.78, 5) is 0. The first-order valence-electron chi connectivity index (χ1n) is 5.47. The highest BCUT2D eigenvalue weighted by Crippen LogP contribution is 2.28. The number of hydrogen-bond donors (Lipinski definition) is 1. The molecule has 0 saturated carbocycles. The average Bonchev–Trinajstić information content (AvgIpc) is 2.60. The molecule has 0 radical (unpaired) electrons. The molecule has 0 aromatic carbocycles. The minimum atomic E-state index is 0.470. The molecule has 1 atom stereocenters. The maximum atomic E-state index is 4.66. The standard InChI is InChI=1S/C11H19N3/c1-8(2)14-7-9-5-4-6-10(12-3)11(9)13-14/h7-8,10,12H,4-6H2,1-3H3. The van der Waals surface area contributed by atoms with Crippen molar-refractivity contribution in [2.45, 2.75) is 45.2 Å². The lowest BCUT2D eigenvalue weighted by atomic mass is 9.94. The van der Waals surface area contributed by atoms with Gasteiger partial charge in [0.2, 0.25) is 0 Å². The van der Waals surface area contributed by atoms with E-state index in [0.717, 1.165) is 0 Å². The fourth-order valence-corrected chi connectivity index (χ4v) is 2.11. The van der Waals surface area contributed by atoms with E-state index in [2.05, 4.69) is 35.1 Å². The average molecular weight is 193 g/mol. The van der Waals surface area contributed by atoms with Crippen molar-refractivity contribution in [2.75, 3.05) is 7.05 Å². The molecule has 3 nitrogen and oxygen atoms in total. The van der Waals surface area contributed by atoms with E-state index < -0.39 is 0 Å². The molecule has 3 heteroatoms. The molecular formula is C11H19N3. The largest absolute Gasteiger partial charge is 0.312 e. The Morgan fingerprint density at radius 2 is 2.36 bits per heavy atom. The summed E-state index contributed by atoms with van der Waals surface area (Å²) < 4.78 is 2.08. The fraction of sp³-hybridized carbons (Fsp3) is 0.727. The Morgan fingerprint density at radius 1 is 1.57 bits per heavy atom. The lowest BCUT2D eigenvalue weighted by molar-refractivity contribution is 0.468. The topological polar surface area (TPSA) is 29.9 Å². The zero-order valence-electron chi connectivity index (χ0n) is 9.25. The van der Waals surface area contributed by atoms with E-state index in [-0.39, 0.29) is 0 Å². The van der Waals surface area contributed by atoms with E-state index in [9.17, 15) is 0 Å². The molecular weight excluding hydrogens is 174 g/mol. The van der Waals surface area contributed by atoms with Crippen LogP contribution in [0.3, 0.4) is 0 Å². The molecule has 0 fully saturated rings. The van der Waals surface area contributed by atoms with Gasteiger partial charge in [0.15, 0.2) is 0 Å². The summed E-state index contributed by atoms with van der Waals surface area (Å²) in [6, 6.07) is 0.942. The van der Waals surface area contributed by atoms with E-state index in [0.29, 0.717) is 12.1 Å². The molecule has 1 N–H and O–H groups in total. The van der Waals surface area contributed by atoms with Gasteiger partial charge in [-0.3, -0.25) is 4.68 Å². The van der Waals surface area contributed by atoms with Crippen LogP contribution in [0.1, 0.15) is 50.0 Å². The quantitative estimate of drug-likeness (QED) is 0.779. The van der Waals surface area contributed by atoms with Gasteiger partial charge in [-0.05, 0) is 45.7 Å². The van der Waals surface area contributed by atoms with Crippen LogP contribution in [0.2, 0.25) is 0 Å². The maximum Gasteiger partial charge on any atom is 0.0825 e. The molecule has 1 aromatic heterocycles.